The second-order valence-electron chi connectivity index (χ2n) is 3.58. The van der Waals surface area contributed by atoms with Crippen molar-refractivity contribution in [3.05, 3.63) is 30.3 Å². The van der Waals surface area contributed by atoms with Crippen LogP contribution in [0.25, 0.3) is 0 Å². The quantitative estimate of drug-likeness (QED) is 0.563. The average Bonchev–Trinajstić information content (AvgIpc) is 2.94. The van der Waals surface area contributed by atoms with Crippen molar-refractivity contribution < 1.29 is 13.2 Å². The van der Waals surface area contributed by atoms with Crippen LogP contribution in [0.15, 0.2) is 30.3 Å². The predicted octanol–water partition coefficient (Wildman–Crippen LogP) is 3.05. The molecule has 82 valence electrons. The molecule has 5 heteroatoms. The third kappa shape index (κ3) is 1.57. The maximum absolute atomic E-state index is 12.7. The van der Waals surface area contributed by atoms with Crippen LogP contribution in [0.4, 0.5) is 18.9 Å². The van der Waals surface area contributed by atoms with Gasteiger partial charge in [0.25, 0.3) is 0 Å². The molecule has 1 aliphatic heterocycles. The van der Waals surface area contributed by atoms with E-state index in [9.17, 15) is 13.2 Å². The molecule has 1 aromatic rings. The van der Waals surface area contributed by atoms with Crippen molar-refractivity contribution >= 4 is 17.3 Å². The molecule has 0 bridgehead atoms. The van der Waals surface area contributed by atoms with Gasteiger partial charge >= 0.3 is 6.18 Å². The van der Waals surface area contributed by atoms with Crippen LogP contribution in [0, 0.1) is 0 Å². The Morgan fingerprint density at radius 3 is 2.27 bits per heavy atom. The maximum atomic E-state index is 12.7. The Morgan fingerprint density at radius 1 is 1.27 bits per heavy atom. The van der Waals surface area contributed by atoms with Crippen LogP contribution in [0.5, 0.6) is 0 Å². The lowest BCUT2D eigenvalue weighted by Crippen LogP contribution is -2.38. The van der Waals surface area contributed by atoms with Crippen LogP contribution in [0.2, 0.25) is 0 Å². The fourth-order valence-electron chi connectivity index (χ4n) is 1.61. The summed E-state index contributed by atoms with van der Waals surface area (Å²) in [4.78, 5) is 1.28. The van der Waals surface area contributed by atoms with Gasteiger partial charge in [-0.2, -0.15) is 13.2 Å². The van der Waals surface area contributed by atoms with Crippen LogP contribution in [0.1, 0.15) is 0 Å². The highest BCUT2D eigenvalue weighted by molar-refractivity contribution is 6.19. The first kappa shape index (κ1) is 10.6. The topological polar surface area (TPSA) is 3.01 Å². The second-order valence-corrected chi connectivity index (χ2v) is 3.85. The van der Waals surface area contributed by atoms with Crippen LogP contribution in [-0.4, -0.2) is 24.1 Å². The number of alkyl halides is 4. The highest BCUT2D eigenvalue weighted by Crippen LogP contribution is 2.49. The Hall–Kier alpha value is -0.900. The van der Waals surface area contributed by atoms with E-state index in [1.165, 1.54) is 4.90 Å². The fraction of sp³-hybridized carbons (Fsp3) is 0.400. The van der Waals surface area contributed by atoms with Crippen LogP contribution in [-0.2, 0) is 0 Å². The van der Waals surface area contributed by atoms with Crippen LogP contribution >= 0.6 is 11.6 Å². The summed E-state index contributed by atoms with van der Waals surface area (Å²) in [6.45, 7) is -0.0516. The Labute approximate surface area is 90.4 Å². The van der Waals surface area contributed by atoms with E-state index in [0.29, 0.717) is 5.69 Å². The minimum atomic E-state index is -4.27. The monoisotopic (exact) mass is 235 g/mol. The molecule has 1 aliphatic rings. The summed E-state index contributed by atoms with van der Waals surface area (Å²) in [5, 5.41) is 0. The van der Waals surface area contributed by atoms with E-state index in [-0.39, 0.29) is 6.54 Å². The van der Waals surface area contributed by atoms with E-state index < -0.39 is 17.6 Å². The predicted molar refractivity (Wildman–Crippen MR) is 53.3 cm³/mol. The fourth-order valence-corrected chi connectivity index (χ4v) is 1.99. The lowest BCUT2D eigenvalue weighted by atomic mass is 10.2. The van der Waals surface area contributed by atoms with Gasteiger partial charge in [0.2, 0.25) is 0 Å². The van der Waals surface area contributed by atoms with Crippen molar-refractivity contribution in [3.8, 4) is 0 Å². The van der Waals surface area contributed by atoms with E-state index in [1.54, 1.807) is 30.3 Å². The lowest BCUT2D eigenvalue weighted by molar-refractivity contribution is -0.150. The molecule has 1 aromatic carbocycles. The van der Waals surface area contributed by atoms with Gasteiger partial charge in [-0.1, -0.05) is 18.2 Å². The summed E-state index contributed by atoms with van der Waals surface area (Å²) < 4.78 is 38.1. The van der Waals surface area contributed by atoms with Crippen molar-refractivity contribution in [3.63, 3.8) is 0 Å². The third-order valence-electron chi connectivity index (χ3n) is 2.65. The number of halogens is 4. The molecule has 15 heavy (non-hydrogen) atoms. The van der Waals surface area contributed by atoms with Gasteiger partial charge in [0.15, 0.2) is 5.54 Å². The van der Waals surface area contributed by atoms with Crippen molar-refractivity contribution in [1.82, 2.24) is 0 Å². The zero-order valence-electron chi connectivity index (χ0n) is 7.76. The molecule has 1 saturated heterocycles. The zero-order valence-corrected chi connectivity index (χ0v) is 8.52. The van der Waals surface area contributed by atoms with Crippen molar-refractivity contribution in [2.75, 3.05) is 17.3 Å². The Balaban J connectivity index is 2.24. The minimum absolute atomic E-state index is 0.0516. The Bertz CT molecular complexity index is 351. The largest absolute Gasteiger partial charge is 0.414 e. The molecule has 0 N–H and O–H groups in total. The van der Waals surface area contributed by atoms with Crippen LogP contribution < -0.4 is 4.90 Å². The zero-order chi connectivity index (χ0) is 11.1. The lowest BCUT2D eigenvalue weighted by Gasteiger charge is -2.19. The number of nitrogens with zero attached hydrogens (tertiary/aromatic N) is 1. The first-order valence-corrected chi connectivity index (χ1v) is 5.00. The SMILES string of the molecule is FC(F)(F)C1(CCl)CN1c1ccccc1. The number of para-hydroxylation sites is 1. The Kier molecular flexibility index (Phi) is 2.34. The normalized spacial score (nSPS) is 25.5. The average molecular weight is 236 g/mol. The van der Waals surface area contributed by atoms with Crippen molar-refractivity contribution in [1.29, 1.82) is 0 Å². The molecular formula is C10H9ClF3N. The Morgan fingerprint density at radius 2 is 1.87 bits per heavy atom. The summed E-state index contributed by atoms with van der Waals surface area (Å²) >= 11 is 5.42. The first-order valence-electron chi connectivity index (χ1n) is 4.47. The first-order chi connectivity index (χ1) is 7.01. The minimum Gasteiger partial charge on any atom is -0.352 e. The molecule has 0 spiro atoms. The van der Waals surface area contributed by atoms with E-state index in [4.69, 9.17) is 11.6 Å². The standard InChI is InChI=1S/C10H9ClF3N/c11-6-9(10(12,13)14)7-15(9)8-4-2-1-3-5-8/h1-5H,6-7H2. The van der Waals surface area contributed by atoms with Crippen LogP contribution in [0.3, 0.4) is 0 Å². The molecule has 1 nitrogen and oxygen atoms in total. The van der Waals surface area contributed by atoms with Gasteiger partial charge in [-0.25, -0.2) is 0 Å². The van der Waals surface area contributed by atoms with E-state index in [1.807, 2.05) is 0 Å². The van der Waals surface area contributed by atoms with Gasteiger partial charge in [0.1, 0.15) is 0 Å². The number of anilines is 1. The van der Waals surface area contributed by atoms with E-state index >= 15 is 0 Å². The van der Waals surface area contributed by atoms with E-state index in [2.05, 4.69) is 0 Å². The van der Waals surface area contributed by atoms with Gasteiger partial charge in [-0.05, 0) is 12.1 Å². The van der Waals surface area contributed by atoms with Crippen molar-refractivity contribution in [2.24, 2.45) is 0 Å². The molecule has 0 amide bonds. The molecule has 1 fully saturated rings. The number of benzene rings is 1. The van der Waals surface area contributed by atoms with Gasteiger partial charge in [-0.3, -0.25) is 0 Å². The summed E-state index contributed by atoms with van der Waals surface area (Å²) in [6, 6.07) is 8.50. The summed E-state index contributed by atoms with van der Waals surface area (Å²) in [5.41, 5.74) is -1.29. The highest BCUT2D eigenvalue weighted by atomic mass is 35.5. The number of hydrogen-bond donors (Lipinski definition) is 0. The molecule has 1 heterocycles. The van der Waals surface area contributed by atoms with Gasteiger partial charge in [0, 0.05) is 5.69 Å². The van der Waals surface area contributed by atoms with E-state index in [0.717, 1.165) is 0 Å². The summed E-state index contributed by atoms with van der Waals surface area (Å²) in [5.74, 6) is -0.425. The molecular weight excluding hydrogens is 227 g/mol. The molecule has 0 aromatic heterocycles. The summed E-state index contributed by atoms with van der Waals surface area (Å²) in [7, 11) is 0. The van der Waals surface area contributed by atoms with Crippen molar-refractivity contribution in [2.45, 2.75) is 11.7 Å². The van der Waals surface area contributed by atoms with Gasteiger partial charge in [0.05, 0.1) is 12.4 Å². The van der Waals surface area contributed by atoms with Gasteiger partial charge in [-0.15, -0.1) is 11.6 Å². The molecule has 1 atom stereocenters. The second kappa shape index (κ2) is 3.30. The maximum Gasteiger partial charge on any atom is 0.414 e. The molecule has 2 rings (SSSR count). The molecule has 0 saturated carbocycles. The highest BCUT2D eigenvalue weighted by Gasteiger charge is 2.69. The number of hydrogen-bond acceptors (Lipinski definition) is 1. The summed E-state index contributed by atoms with van der Waals surface area (Å²) in [6.07, 6.45) is -4.27. The molecule has 0 radical (unpaired) electrons. The molecule has 0 aliphatic carbocycles. The smallest absolute Gasteiger partial charge is 0.352 e. The van der Waals surface area contributed by atoms with Gasteiger partial charge < -0.3 is 4.90 Å². The third-order valence-corrected chi connectivity index (χ3v) is 3.09. The number of rotatable bonds is 2. The molecule has 1 unspecified atom stereocenters.